The van der Waals surface area contributed by atoms with E-state index >= 15 is 0 Å². The Morgan fingerprint density at radius 2 is 1.47 bits per heavy atom. The summed E-state index contributed by atoms with van der Waals surface area (Å²) in [6.45, 7) is 0.113. The molecule has 36 heavy (non-hydrogen) atoms. The quantitative estimate of drug-likeness (QED) is 0.366. The smallest absolute Gasteiger partial charge is 0.261 e. The molecule has 0 aliphatic carbocycles. The molecule has 12 heteroatoms. The van der Waals surface area contributed by atoms with Crippen LogP contribution < -0.4 is 19.1 Å². The van der Waals surface area contributed by atoms with E-state index in [-0.39, 0.29) is 30.2 Å². The fraction of sp³-hybridized carbons (Fsp3) is 0.208. The third kappa shape index (κ3) is 7.61. The summed E-state index contributed by atoms with van der Waals surface area (Å²) < 4.78 is 58.3. The molecule has 0 unspecified atom stereocenters. The van der Waals surface area contributed by atoms with Gasteiger partial charge < -0.3 is 10.1 Å². The van der Waals surface area contributed by atoms with Crippen LogP contribution in [-0.4, -0.2) is 42.7 Å². The second kappa shape index (κ2) is 11.6. The molecule has 0 spiro atoms. The Bertz CT molecular complexity index is 1390. The largest absolute Gasteiger partial charge is 0.497 e. The zero-order valence-corrected chi connectivity index (χ0v) is 22.0. The van der Waals surface area contributed by atoms with E-state index in [2.05, 4.69) is 10.0 Å². The number of nitrogens with zero attached hydrogens (tertiary/aromatic N) is 1. The fourth-order valence-electron chi connectivity index (χ4n) is 3.29. The number of amides is 1. The highest BCUT2D eigenvalue weighted by atomic mass is 35.5. The summed E-state index contributed by atoms with van der Waals surface area (Å²) in [7, 11) is -5.84. The van der Waals surface area contributed by atoms with Crippen LogP contribution in [0.5, 0.6) is 5.75 Å². The van der Waals surface area contributed by atoms with Crippen LogP contribution in [0, 0.1) is 0 Å². The minimum atomic E-state index is -3.82. The van der Waals surface area contributed by atoms with Gasteiger partial charge in [0.2, 0.25) is 15.9 Å². The summed E-state index contributed by atoms with van der Waals surface area (Å²) in [6, 6.07) is 18.6. The molecule has 0 radical (unpaired) electrons. The maximum atomic E-state index is 12.6. The van der Waals surface area contributed by atoms with Gasteiger partial charge in [0.15, 0.2) is 0 Å². The molecule has 192 valence electrons. The van der Waals surface area contributed by atoms with Crippen molar-refractivity contribution < 1.29 is 26.4 Å². The minimum absolute atomic E-state index is 0.0306. The number of sulfonamides is 2. The molecule has 2 N–H and O–H groups in total. The van der Waals surface area contributed by atoms with Gasteiger partial charge in [0, 0.05) is 29.4 Å². The lowest BCUT2D eigenvalue weighted by molar-refractivity contribution is -0.116. The van der Waals surface area contributed by atoms with E-state index in [1.54, 1.807) is 48.5 Å². The van der Waals surface area contributed by atoms with Crippen molar-refractivity contribution in [2.75, 3.05) is 34.3 Å². The van der Waals surface area contributed by atoms with Crippen LogP contribution in [-0.2, 0) is 24.8 Å². The molecule has 0 aromatic heterocycles. The molecule has 0 saturated carbocycles. The summed E-state index contributed by atoms with van der Waals surface area (Å²) >= 11 is 5.87. The van der Waals surface area contributed by atoms with E-state index in [0.717, 1.165) is 6.26 Å². The van der Waals surface area contributed by atoms with Crippen molar-refractivity contribution in [3.05, 3.63) is 77.8 Å². The van der Waals surface area contributed by atoms with Crippen molar-refractivity contribution in [2.24, 2.45) is 0 Å². The zero-order chi connectivity index (χ0) is 26.3. The van der Waals surface area contributed by atoms with Crippen molar-refractivity contribution in [3.63, 3.8) is 0 Å². The summed E-state index contributed by atoms with van der Waals surface area (Å²) in [5.74, 6) is 0.276. The Morgan fingerprint density at radius 3 is 2.03 bits per heavy atom. The van der Waals surface area contributed by atoms with Crippen LogP contribution >= 0.6 is 11.6 Å². The molecule has 0 heterocycles. The zero-order valence-electron chi connectivity index (χ0n) is 19.6. The Kier molecular flexibility index (Phi) is 8.83. The normalized spacial score (nSPS) is 11.5. The summed E-state index contributed by atoms with van der Waals surface area (Å²) in [4.78, 5) is 12.4. The number of hydrogen-bond donors (Lipinski definition) is 2. The van der Waals surface area contributed by atoms with Gasteiger partial charge in [-0.1, -0.05) is 11.6 Å². The van der Waals surface area contributed by atoms with Crippen LogP contribution in [0.1, 0.15) is 12.8 Å². The third-order valence-corrected chi connectivity index (χ3v) is 7.91. The van der Waals surface area contributed by atoms with Crippen molar-refractivity contribution in [2.45, 2.75) is 17.7 Å². The average molecular weight is 552 g/mol. The summed E-state index contributed by atoms with van der Waals surface area (Å²) in [5.41, 5.74) is 1.26. The number of anilines is 3. The molecule has 3 aromatic carbocycles. The Morgan fingerprint density at radius 1 is 0.889 bits per heavy atom. The molecule has 0 atom stereocenters. The number of hydrogen-bond acceptors (Lipinski definition) is 6. The standard InChI is InChI=1S/C24H26ClN3O6S2/c1-34-22-13-7-20(8-14-22)27-36(32,33)23-15-9-19(10-16-23)26-24(29)4-3-17-28(35(2,30)31)21-11-5-18(25)6-12-21/h5-16,27H,3-4,17H2,1-2H3,(H,26,29). The lowest BCUT2D eigenvalue weighted by Gasteiger charge is -2.22. The maximum absolute atomic E-state index is 12.6. The highest BCUT2D eigenvalue weighted by Crippen LogP contribution is 2.22. The van der Waals surface area contributed by atoms with Crippen LogP contribution in [0.4, 0.5) is 17.1 Å². The van der Waals surface area contributed by atoms with E-state index < -0.39 is 20.0 Å². The number of rotatable bonds is 11. The first-order valence-corrected chi connectivity index (χ1v) is 14.5. The second-order valence-electron chi connectivity index (χ2n) is 7.82. The lowest BCUT2D eigenvalue weighted by atomic mass is 10.2. The van der Waals surface area contributed by atoms with E-state index in [9.17, 15) is 21.6 Å². The average Bonchev–Trinajstić information content (AvgIpc) is 2.82. The fourth-order valence-corrected chi connectivity index (χ4v) is 5.44. The Labute approximate surface area is 216 Å². The molecule has 0 saturated heterocycles. The monoisotopic (exact) mass is 551 g/mol. The highest BCUT2D eigenvalue weighted by molar-refractivity contribution is 7.92. The number of carbonyl (C=O) groups is 1. The van der Waals surface area contributed by atoms with Crippen molar-refractivity contribution in [3.8, 4) is 5.75 Å². The molecular formula is C24H26ClN3O6S2. The summed E-state index contributed by atoms with van der Waals surface area (Å²) in [6.07, 6.45) is 1.44. The molecular weight excluding hydrogens is 526 g/mol. The van der Waals surface area contributed by atoms with Gasteiger partial charge in [-0.25, -0.2) is 16.8 Å². The molecule has 0 fully saturated rings. The van der Waals surface area contributed by atoms with Gasteiger partial charge in [0.1, 0.15) is 5.75 Å². The van der Waals surface area contributed by atoms with Gasteiger partial charge >= 0.3 is 0 Å². The van der Waals surface area contributed by atoms with E-state index in [4.69, 9.17) is 16.3 Å². The molecule has 3 rings (SSSR count). The number of ether oxygens (including phenoxy) is 1. The first-order valence-electron chi connectivity index (χ1n) is 10.8. The van der Waals surface area contributed by atoms with Gasteiger partial charge in [-0.2, -0.15) is 0 Å². The lowest BCUT2D eigenvalue weighted by Crippen LogP contribution is -2.31. The minimum Gasteiger partial charge on any atom is -0.497 e. The van der Waals surface area contributed by atoms with Gasteiger partial charge in [-0.15, -0.1) is 0 Å². The molecule has 1 amide bonds. The first-order chi connectivity index (χ1) is 17.0. The van der Waals surface area contributed by atoms with Gasteiger partial charge in [0.25, 0.3) is 10.0 Å². The third-order valence-electron chi connectivity index (χ3n) is 5.07. The van der Waals surface area contributed by atoms with Crippen molar-refractivity contribution >= 4 is 54.6 Å². The van der Waals surface area contributed by atoms with Crippen LogP contribution in [0.25, 0.3) is 0 Å². The Balaban J connectivity index is 1.56. The van der Waals surface area contributed by atoms with Crippen LogP contribution in [0.15, 0.2) is 77.7 Å². The maximum Gasteiger partial charge on any atom is 0.261 e. The predicted molar refractivity (Wildman–Crippen MR) is 142 cm³/mol. The number of carbonyl (C=O) groups excluding carboxylic acids is 1. The summed E-state index contributed by atoms with van der Waals surface area (Å²) in [5, 5.41) is 3.18. The van der Waals surface area contributed by atoms with Gasteiger partial charge in [0.05, 0.1) is 23.9 Å². The molecule has 0 aliphatic rings. The molecule has 9 nitrogen and oxygen atoms in total. The van der Waals surface area contributed by atoms with Crippen molar-refractivity contribution in [1.29, 1.82) is 0 Å². The van der Waals surface area contributed by atoms with E-state index in [1.165, 1.54) is 35.7 Å². The van der Waals surface area contributed by atoms with Crippen LogP contribution in [0.3, 0.4) is 0 Å². The molecule has 0 aliphatic heterocycles. The number of nitrogens with one attached hydrogen (secondary N) is 2. The number of benzene rings is 3. The number of halogens is 1. The number of methoxy groups -OCH3 is 1. The first kappa shape index (κ1) is 27.3. The van der Waals surface area contributed by atoms with Crippen molar-refractivity contribution in [1.82, 2.24) is 0 Å². The highest BCUT2D eigenvalue weighted by Gasteiger charge is 2.18. The molecule has 0 bridgehead atoms. The molecule has 3 aromatic rings. The van der Waals surface area contributed by atoms with Gasteiger partial charge in [-0.3, -0.25) is 13.8 Å². The topological polar surface area (TPSA) is 122 Å². The van der Waals surface area contributed by atoms with Crippen LogP contribution in [0.2, 0.25) is 5.02 Å². The van der Waals surface area contributed by atoms with E-state index in [1.807, 2.05) is 0 Å². The predicted octanol–water partition coefficient (Wildman–Crippen LogP) is 4.33. The Hall–Kier alpha value is -3.28. The van der Waals surface area contributed by atoms with E-state index in [0.29, 0.717) is 27.8 Å². The van der Waals surface area contributed by atoms with Gasteiger partial charge in [-0.05, 0) is 79.2 Å². The SMILES string of the molecule is COc1ccc(NS(=O)(=O)c2ccc(NC(=O)CCCN(c3ccc(Cl)cc3)S(C)(=O)=O)cc2)cc1. The second-order valence-corrected chi connectivity index (χ2v) is 11.8.